The third-order valence-electron chi connectivity index (χ3n) is 7.83. The molecule has 2 fully saturated rings. The number of amides is 3. The van der Waals surface area contributed by atoms with E-state index in [0.29, 0.717) is 43.2 Å². The summed E-state index contributed by atoms with van der Waals surface area (Å²) < 4.78 is 0. The molecule has 3 heterocycles. The summed E-state index contributed by atoms with van der Waals surface area (Å²) in [7, 11) is 2.04. The number of nitrogens with one attached hydrogen (secondary N) is 3. The van der Waals surface area contributed by atoms with Crippen molar-refractivity contribution < 1.29 is 14.5 Å². The van der Waals surface area contributed by atoms with Gasteiger partial charge in [-0.3, -0.25) is 14.9 Å². The number of carbonyl (C=O) groups excluding carboxylic acids is 2. The second kappa shape index (κ2) is 13.3. The zero-order chi connectivity index (χ0) is 31.2. The van der Waals surface area contributed by atoms with Gasteiger partial charge in [-0.05, 0) is 76.3 Å². The molecule has 0 radical (unpaired) electrons. The fourth-order valence-corrected chi connectivity index (χ4v) is 5.24. The molecule has 14 nitrogen and oxygen atoms in total. The second-order valence-corrected chi connectivity index (χ2v) is 11.0. The van der Waals surface area contributed by atoms with Crippen LogP contribution in [-0.2, 0) is 0 Å². The number of anilines is 4. The first kappa shape index (κ1) is 30.2. The molecule has 0 aliphatic carbocycles. The summed E-state index contributed by atoms with van der Waals surface area (Å²) >= 11 is 0. The predicted molar refractivity (Wildman–Crippen MR) is 165 cm³/mol. The number of piperazine rings is 1. The minimum atomic E-state index is -0.536. The van der Waals surface area contributed by atoms with E-state index in [1.165, 1.54) is 12.1 Å². The van der Waals surface area contributed by atoms with Gasteiger partial charge in [0.2, 0.25) is 5.95 Å². The monoisotopic (exact) mass is 598 g/mol. The van der Waals surface area contributed by atoms with Crippen molar-refractivity contribution in [2.45, 2.75) is 25.8 Å². The van der Waals surface area contributed by atoms with Gasteiger partial charge >= 0.3 is 6.03 Å². The van der Waals surface area contributed by atoms with Gasteiger partial charge in [-0.15, -0.1) is 0 Å². The van der Waals surface area contributed by atoms with Gasteiger partial charge in [0.15, 0.2) is 0 Å². The van der Waals surface area contributed by atoms with Crippen LogP contribution in [0.4, 0.5) is 33.6 Å². The molecule has 5 rings (SSSR count). The minimum absolute atomic E-state index is 0.0359. The van der Waals surface area contributed by atoms with Crippen LogP contribution in [0, 0.1) is 28.4 Å². The number of rotatable bonds is 7. The molecule has 3 N–H and O–H groups in total. The molecular weight excluding hydrogens is 564 g/mol. The fraction of sp³-hybridized carbons (Fsp3) is 0.367. The van der Waals surface area contributed by atoms with Crippen LogP contribution in [-0.4, -0.2) is 89.0 Å². The lowest BCUT2D eigenvalue weighted by Gasteiger charge is -2.36. The number of piperidine rings is 1. The Labute approximate surface area is 254 Å². The Balaban J connectivity index is 1.22. The van der Waals surface area contributed by atoms with Crippen LogP contribution in [0.3, 0.4) is 0 Å². The van der Waals surface area contributed by atoms with Crippen molar-refractivity contribution in [2.24, 2.45) is 0 Å². The Morgan fingerprint density at radius 3 is 2.41 bits per heavy atom. The number of aromatic nitrogens is 2. The average Bonchev–Trinajstić information content (AvgIpc) is 3.03. The highest BCUT2D eigenvalue weighted by Crippen LogP contribution is 2.29. The Morgan fingerprint density at radius 1 is 1.05 bits per heavy atom. The molecule has 2 aliphatic heterocycles. The van der Waals surface area contributed by atoms with Crippen LogP contribution in [0.15, 0.2) is 48.7 Å². The molecule has 2 saturated heterocycles. The van der Waals surface area contributed by atoms with Crippen molar-refractivity contribution >= 4 is 40.8 Å². The molecule has 0 spiro atoms. The number of hydrogen-bond acceptors (Lipinski definition) is 10. The summed E-state index contributed by atoms with van der Waals surface area (Å²) in [6, 6.07) is 12.8. The highest BCUT2D eigenvalue weighted by molar-refractivity contribution is 5.96. The first-order valence-corrected chi connectivity index (χ1v) is 14.4. The quantitative estimate of drug-likeness (QED) is 0.270. The minimum Gasteiger partial charge on any atom is -0.353 e. The molecule has 14 heteroatoms. The molecule has 3 amide bonds. The largest absolute Gasteiger partial charge is 0.353 e. The fourth-order valence-electron chi connectivity index (χ4n) is 5.24. The lowest BCUT2D eigenvalue weighted by atomic mass is 10.0. The Hall–Kier alpha value is -5.29. The van der Waals surface area contributed by atoms with E-state index in [4.69, 9.17) is 5.26 Å². The smallest absolute Gasteiger partial charge is 0.321 e. The van der Waals surface area contributed by atoms with Crippen molar-refractivity contribution in [1.82, 2.24) is 25.1 Å². The van der Waals surface area contributed by atoms with Crippen LogP contribution >= 0.6 is 0 Å². The summed E-state index contributed by atoms with van der Waals surface area (Å²) in [5.41, 5.74) is 2.08. The number of benzene rings is 2. The molecule has 3 aromatic rings. The van der Waals surface area contributed by atoms with Crippen molar-refractivity contribution in [2.75, 3.05) is 61.8 Å². The number of nitrogens with zero attached hydrogens (tertiary/aromatic N) is 7. The van der Waals surface area contributed by atoms with Gasteiger partial charge in [0.1, 0.15) is 11.5 Å². The van der Waals surface area contributed by atoms with Crippen LogP contribution in [0.2, 0.25) is 0 Å². The molecule has 0 saturated carbocycles. The van der Waals surface area contributed by atoms with Gasteiger partial charge < -0.3 is 30.7 Å². The maximum atomic E-state index is 12.8. The van der Waals surface area contributed by atoms with E-state index in [2.05, 4.69) is 36.9 Å². The number of urea groups is 1. The second-order valence-electron chi connectivity index (χ2n) is 11.0. The summed E-state index contributed by atoms with van der Waals surface area (Å²) in [5, 5.41) is 29.7. The van der Waals surface area contributed by atoms with E-state index in [-0.39, 0.29) is 40.9 Å². The van der Waals surface area contributed by atoms with E-state index in [1.54, 1.807) is 41.4 Å². The number of nitriles is 1. The third-order valence-corrected chi connectivity index (χ3v) is 7.83. The van der Waals surface area contributed by atoms with E-state index in [1.807, 2.05) is 18.9 Å². The number of likely N-dealkylation sites (tertiary alicyclic amines) is 1. The topological polar surface area (TPSA) is 173 Å². The van der Waals surface area contributed by atoms with Gasteiger partial charge in [0.25, 0.3) is 11.6 Å². The molecule has 0 bridgehead atoms. The SMILES string of the molecule is Cc1cnc(Nc2ccc(C(=O)NC3CCN(C)CC3)cc2[N+](=O)[O-])nc1N1CCN(C(=O)Nc2ccc(C#N)cc2)CC1. The summed E-state index contributed by atoms with van der Waals surface area (Å²) in [6.07, 6.45) is 3.31. The van der Waals surface area contributed by atoms with Crippen molar-refractivity contribution in [3.05, 3.63) is 75.5 Å². The molecule has 2 aromatic carbocycles. The first-order valence-electron chi connectivity index (χ1n) is 14.4. The molecule has 228 valence electrons. The number of hydrogen-bond donors (Lipinski definition) is 3. The normalized spacial score (nSPS) is 15.8. The van der Waals surface area contributed by atoms with Crippen LogP contribution in [0.25, 0.3) is 0 Å². The lowest BCUT2D eigenvalue weighted by molar-refractivity contribution is -0.383. The average molecular weight is 599 g/mol. The highest BCUT2D eigenvalue weighted by atomic mass is 16.6. The van der Waals surface area contributed by atoms with Gasteiger partial charge in [-0.25, -0.2) is 9.78 Å². The standard InChI is InChI=1S/C30H34N10O4/c1-20-19-32-29(35-25-8-5-22(17-26(25)40(43)44)28(41)33-24-9-11-37(2)12-10-24)36-27(20)38-13-15-39(16-14-38)30(42)34-23-6-3-21(18-31)4-7-23/h3-8,17,19,24H,9-16H2,1-2H3,(H,33,41)(H,34,42)(H,32,35,36). The van der Waals surface area contributed by atoms with Crippen LogP contribution < -0.4 is 20.9 Å². The number of nitro groups is 1. The Kier molecular flexibility index (Phi) is 9.15. The molecule has 0 unspecified atom stereocenters. The third kappa shape index (κ3) is 7.19. The Morgan fingerprint density at radius 2 is 1.75 bits per heavy atom. The van der Waals surface area contributed by atoms with E-state index in [9.17, 15) is 19.7 Å². The van der Waals surface area contributed by atoms with Gasteiger partial charge in [0, 0.05) is 61.3 Å². The summed E-state index contributed by atoms with van der Waals surface area (Å²) in [6.45, 7) is 5.62. The lowest BCUT2D eigenvalue weighted by Crippen LogP contribution is -2.50. The van der Waals surface area contributed by atoms with E-state index in [0.717, 1.165) is 31.5 Å². The van der Waals surface area contributed by atoms with Crippen molar-refractivity contribution in [3.8, 4) is 6.07 Å². The molecule has 0 atom stereocenters. The predicted octanol–water partition coefficient (Wildman–Crippen LogP) is 3.49. The maximum absolute atomic E-state index is 12.8. The molecule has 2 aliphatic rings. The van der Waals surface area contributed by atoms with E-state index >= 15 is 0 Å². The van der Waals surface area contributed by atoms with Crippen LogP contribution in [0.1, 0.15) is 34.3 Å². The zero-order valence-corrected chi connectivity index (χ0v) is 24.6. The van der Waals surface area contributed by atoms with Crippen LogP contribution in [0.5, 0.6) is 0 Å². The Bertz CT molecular complexity index is 1570. The molecule has 44 heavy (non-hydrogen) atoms. The van der Waals surface area contributed by atoms with Crippen molar-refractivity contribution in [3.63, 3.8) is 0 Å². The van der Waals surface area contributed by atoms with Gasteiger partial charge in [-0.2, -0.15) is 10.2 Å². The number of carbonyl (C=O) groups is 2. The number of nitro benzene ring substituents is 1. The maximum Gasteiger partial charge on any atom is 0.321 e. The van der Waals surface area contributed by atoms with Gasteiger partial charge in [-0.1, -0.05) is 0 Å². The van der Waals surface area contributed by atoms with Gasteiger partial charge in [0.05, 0.1) is 16.6 Å². The van der Waals surface area contributed by atoms with E-state index < -0.39 is 4.92 Å². The summed E-state index contributed by atoms with van der Waals surface area (Å²) in [5.74, 6) is 0.498. The first-order chi connectivity index (χ1) is 21.2. The molecular formula is C30H34N10O4. The van der Waals surface area contributed by atoms with Crippen molar-refractivity contribution in [1.29, 1.82) is 5.26 Å². The molecule has 1 aromatic heterocycles. The zero-order valence-electron chi connectivity index (χ0n) is 24.6. The number of aryl methyl sites for hydroxylation is 1. The summed E-state index contributed by atoms with van der Waals surface area (Å²) in [4.78, 5) is 51.9. The highest BCUT2D eigenvalue weighted by Gasteiger charge is 2.25.